The quantitative estimate of drug-likeness (QED) is 0.688. The van der Waals surface area contributed by atoms with Crippen molar-refractivity contribution in [3.63, 3.8) is 0 Å². The van der Waals surface area contributed by atoms with Gasteiger partial charge in [0.05, 0.1) is 0 Å². The van der Waals surface area contributed by atoms with Gasteiger partial charge in [-0.1, -0.05) is 17.7 Å². The molecule has 1 aliphatic carbocycles. The highest BCUT2D eigenvalue weighted by Crippen LogP contribution is 2.39. The lowest BCUT2D eigenvalue weighted by atomic mass is 10.0. The van der Waals surface area contributed by atoms with Crippen molar-refractivity contribution in [2.75, 3.05) is 0 Å². The Morgan fingerprint density at radius 2 is 1.64 bits per heavy atom. The van der Waals surface area contributed by atoms with E-state index >= 15 is 0 Å². The summed E-state index contributed by atoms with van der Waals surface area (Å²) in [5.74, 6) is 0. The molecule has 0 unspecified atom stereocenters. The molecule has 14 heavy (non-hydrogen) atoms. The molecule has 1 aromatic rings. The molecule has 0 N–H and O–H groups in total. The molecule has 0 bridgehead atoms. The predicted octanol–water partition coefficient (Wildman–Crippen LogP) is 4.40. The Morgan fingerprint density at radius 3 is 2.29 bits per heavy atom. The van der Waals surface area contributed by atoms with Gasteiger partial charge in [0, 0.05) is 10.1 Å². The topological polar surface area (TPSA) is 0 Å². The van der Waals surface area contributed by atoms with E-state index < -0.39 is 0 Å². The highest BCUT2D eigenvalue weighted by molar-refractivity contribution is 8.02. The molecule has 0 aromatic heterocycles. The van der Waals surface area contributed by atoms with Gasteiger partial charge >= 0.3 is 0 Å². The number of rotatable bonds is 2. The van der Waals surface area contributed by atoms with Gasteiger partial charge in [-0.3, -0.25) is 0 Å². The Bertz CT molecular complexity index is 270. The highest BCUT2D eigenvalue weighted by Gasteiger charge is 2.14. The molecule has 0 amide bonds. The number of hydrogen-bond acceptors (Lipinski definition) is 1. The van der Waals surface area contributed by atoms with E-state index in [1.807, 2.05) is 11.8 Å². The van der Waals surface area contributed by atoms with E-state index in [0.29, 0.717) is 0 Å². The van der Waals surface area contributed by atoms with Crippen LogP contribution >= 0.6 is 11.8 Å². The van der Waals surface area contributed by atoms with Gasteiger partial charge in [0.25, 0.3) is 0 Å². The molecule has 1 heteroatoms. The molecule has 0 heterocycles. The van der Waals surface area contributed by atoms with Gasteiger partial charge in [0.2, 0.25) is 0 Å². The summed E-state index contributed by atoms with van der Waals surface area (Å²) in [6.45, 7) is 2.14. The maximum Gasteiger partial charge on any atom is 0.0357 e. The first kappa shape index (κ1) is 10.1. The van der Waals surface area contributed by atoms with Crippen molar-refractivity contribution in [1.29, 1.82) is 0 Å². The van der Waals surface area contributed by atoms with Crippen molar-refractivity contribution >= 4 is 11.8 Å². The monoisotopic (exact) mass is 204 g/mol. The second kappa shape index (κ2) is 4.88. The van der Waals surface area contributed by atoms with Gasteiger partial charge in [-0.05, 0) is 51.2 Å². The van der Waals surface area contributed by atoms with E-state index in [2.05, 4.69) is 37.6 Å². The molecule has 1 fully saturated rings. The molecule has 2 rings (SSSR count). The molecule has 0 atom stereocenters. The van der Waals surface area contributed by atoms with Crippen LogP contribution in [-0.4, -0.2) is 0 Å². The summed E-state index contributed by atoms with van der Waals surface area (Å²) in [7, 11) is 0. The standard InChI is InChI=1S/C13H16S/c1-11-7-9-13(10-8-11)14-12-5-3-2-4-6-12/h2,7-10H,3-6H2,1H3. The van der Waals surface area contributed by atoms with Crippen LogP contribution in [-0.2, 0) is 0 Å². The van der Waals surface area contributed by atoms with Crippen LogP contribution in [0.4, 0.5) is 0 Å². The summed E-state index contributed by atoms with van der Waals surface area (Å²) in [5, 5.41) is 1.65. The van der Waals surface area contributed by atoms with Gasteiger partial charge in [0.15, 0.2) is 0 Å². The van der Waals surface area contributed by atoms with E-state index in [0.717, 1.165) is 0 Å². The molecule has 74 valence electrons. The fraction of sp³-hybridized carbons (Fsp3) is 0.385. The Hall–Kier alpha value is -0.430. The van der Waals surface area contributed by atoms with Crippen molar-refractivity contribution in [3.8, 4) is 0 Å². The molecule has 1 saturated carbocycles. The number of hydrogen-bond donors (Lipinski definition) is 0. The van der Waals surface area contributed by atoms with Crippen molar-refractivity contribution in [1.82, 2.24) is 0 Å². The van der Waals surface area contributed by atoms with Crippen LogP contribution in [0, 0.1) is 18.6 Å². The summed E-state index contributed by atoms with van der Waals surface area (Å²) in [6.07, 6.45) is 7.50. The molecule has 0 nitrogen and oxygen atoms in total. The lowest BCUT2D eigenvalue weighted by Crippen LogP contribution is -1.99. The minimum absolute atomic E-state index is 1.27. The zero-order valence-electron chi connectivity index (χ0n) is 8.62. The summed E-state index contributed by atoms with van der Waals surface area (Å²) in [4.78, 5) is 1.40. The van der Waals surface area contributed by atoms with Crippen LogP contribution < -0.4 is 0 Å². The fourth-order valence-electron chi connectivity index (χ4n) is 1.67. The molecule has 0 saturated heterocycles. The molecule has 1 aliphatic rings. The second-order valence-corrected chi connectivity index (χ2v) is 5.07. The SMILES string of the molecule is Cc1ccc(S[C]2CC[CH]CC2)cc1. The third-order valence-corrected chi connectivity index (χ3v) is 3.74. The molecule has 0 aliphatic heterocycles. The van der Waals surface area contributed by atoms with Crippen LogP contribution in [0.15, 0.2) is 29.2 Å². The smallest absolute Gasteiger partial charge is 0.0357 e. The first-order valence-corrected chi connectivity index (χ1v) is 6.07. The molecule has 0 spiro atoms. The fourth-order valence-corrected chi connectivity index (χ4v) is 2.72. The second-order valence-electron chi connectivity index (χ2n) is 3.82. The van der Waals surface area contributed by atoms with E-state index in [4.69, 9.17) is 0 Å². The largest absolute Gasteiger partial charge is 0.118 e. The molecular weight excluding hydrogens is 188 g/mol. The minimum Gasteiger partial charge on any atom is -0.118 e. The van der Waals surface area contributed by atoms with Gasteiger partial charge in [0.1, 0.15) is 0 Å². The van der Waals surface area contributed by atoms with Crippen molar-refractivity contribution < 1.29 is 0 Å². The Kier molecular flexibility index (Phi) is 3.52. The normalized spacial score (nSPS) is 18.4. The average molecular weight is 204 g/mol. The Balaban J connectivity index is 1.92. The summed E-state index contributed by atoms with van der Waals surface area (Å²) in [5.41, 5.74) is 1.34. The van der Waals surface area contributed by atoms with Gasteiger partial charge < -0.3 is 0 Å². The highest BCUT2D eigenvalue weighted by atomic mass is 32.2. The molecule has 2 radical (unpaired) electrons. The Labute approximate surface area is 91.1 Å². The summed E-state index contributed by atoms with van der Waals surface area (Å²) < 4.78 is 0. The lowest BCUT2D eigenvalue weighted by molar-refractivity contribution is 0.693. The zero-order valence-corrected chi connectivity index (χ0v) is 9.44. The third-order valence-electron chi connectivity index (χ3n) is 2.54. The third kappa shape index (κ3) is 2.78. The van der Waals surface area contributed by atoms with E-state index in [1.54, 1.807) is 5.25 Å². The van der Waals surface area contributed by atoms with Gasteiger partial charge in [-0.25, -0.2) is 0 Å². The Morgan fingerprint density at radius 1 is 1.00 bits per heavy atom. The van der Waals surface area contributed by atoms with Gasteiger partial charge in [-0.2, -0.15) is 0 Å². The zero-order chi connectivity index (χ0) is 9.80. The van der Waals surface area contributed by atoms with E-state index in [1.165, 1.54) is 36.1 Å². The number of aryl methyl sites for hydroxylation is 1. The van der Waals surface area contributed by atoms with Crippen LogP contribution in [0.1, 0.15) is 31.2 Å². The van der Waals surface area contributed by atoms with Gasteiger partial charge in [-0.15, -0.1) is 11.8 Å². The van der Waals surface area contributed by atoms with Crippen LogP contribution in [0.2, 0.25) is 0 Å². The lowest BCUT2D eigenvalue weighted by Gasteiger charge is -2.19. The molecular formula is C13H16S. The first-order valence-electron chi connectivity index (χ1n) is 5.25. The number of benzene rings is 1. The van der Waals surface area contributed by atoms with Crippen molar-refractivity contribution in [2.45, 2.75) is 37.5 Å². The predicted molar refractivity (Wildman–Crippen MR) is 63.0 cm³/mol. The van der Waals surface area contributed by atoms with Crippen LogP contribution in [0.25, 0.3) is 0 Å². The average Bonchev–Trinajstić information content (AvgIpc) is 2.23. The van der Waals surface area contributed by atoms with Crippen LogP contribution in [0.5, 0.6) is 0 Å². The van der Waals surface area contributed by atoms with E-state index in [-0.39, 0.29) is 0 Å². The minimum atomic E-state index is 1.27. The van der Waals surface area contributed by atoms with Crippen molar-refractivity contribution in [3.05, 3.63) is 41.5 Å². The van der Waals surface area contributed by atoms with E-state index in [9.17, 15) is 0 Å². The first-order chi connectivity index (χ1) is 6.84. The maximum absolute atomic E-state index is 2.40. The summed E-state index contributed by atoms with van der Waals surface area (Å²) in [6, 6.07) is 8.84. The molecule has 1 aromatic carbocycles. The number of thioether (sulfide) groups is 1. The van der Waals surface area contributed by atoms with Crippen LogP contribution in [0.3, 0.4) is 0 Å². The summed E-state index contributed by atoms with van der Waals surface area (Å²) >= 11 is 1.97. The maximum atomic E-state index is 2.40. The van der Waals surface area contributed by atoms with Crippen molar-refractivity contribution in [2.24, 2.45) is 0 Å².